The zero-order chi connectivity index (χ0) is 22.2. The molecule has 6 nitrogen and oxygen atoms in total. The van der Waals surface area contributed by atoms with Crippen LogP contribution in [0.3, 0.4) is 0 Å². The molecule has 0 spiro atoms. The Morgan fingerprint density at radius 1 is 0.839 bits per heavy atom. The Morgan fingerprint density at radius 3 is 2.10 bits per heavy atom. The average molecular weight is 435 g/mol. The first-order valence-corrected chi connectivity index (χ1v) is 11.5. The van der Waals surface area contributed by atoms with E-state index >= 15 is 0 Å². The first-order valence-electron chi connectivity index (χ1n) is 10.1. The molecule has 1 aliphatic rings. The second-order valence-electron chi connectivity index (χ2n) is 7.20. The highest BCUT2D eigenvalue weighted by atomic mass is 32.2. The van der Waals surface area contributed by atoms with Crippen LogP contribution in [0.4, 0.5) is 5.69 Å². The molecule has 0 atom stereocenters. The van der Waals surface area contributed by atoms with Crippen LogP contribution >= 0.6 is 0 Å². The average Bonchev–Trinajstić information content (AvgIpc) is 3.07. The largest absolute Gasteiger partial charge is 0.322 e. The molecule has 0 aromatic heterocycles. The lowest BCUT2D eigenvalue weighted by Crippen LogP contribution is -2.30. The Morgan fingerprint density at radius 2 is 1.45 bits per heavy atom. The number of amides is 1. The van der Waals surface area contributed by atoms with Crippen LogP contribution < -0.4 is 5.32 Å². The molecule has 0 fully saturated rings. The van der Waals surface area contributed by atoms with Crippen molar-refractivity contribution in [3.05, 3.63) is 83.4 Å². The summed E-state index contributed by atoms with van der Waals surface area (Å²) >= 11 is 0. The molecule has 0 aliphatic heterocycles. The number of anilines is 1. The second kappa shape index (κ2) is 8.09. The number of nitrogens with zero attached hydrogens (tertiary/aromatic N) is 1. The van der Waals surface area contributed by atoms with Crippen LogP contribution in [0.1, 0.15) is 40.1 Å². The molecule has 0 saturated carbocycles. The minimum Gasteiger partial charge on any atom is -0.322 e. The van der Waals surface area contributed by atoms with E-state index in [2.05, 4.69) is 5.32 Å². The van der Waals surface area contributed by atoms with Crippen LogP contribution in [-0.2, 0) is 10.0 Å². The van der Waals surface area contributed by atoms with E-state index in [9.17, 15) is 18.0 Å². The fourth-order valence-corrected chi connectivity index (χ4v) is 5.25. The van der Waals surface area contributed by atoms with Gasteiger partial charge in [0.1, 0.15) is 0 Å². The first-order chi connectivity index (χ1) is 14.9. The zero-order valence-corrected chi connectivity index (χ0v) is 18.1. The normalized spacial score (nSPS) is 12.5. The van der Waals surface area contributed by atoms with E-state index in [0.717, 1.165) is 11.1 Å². The van der Waals surface area contributed by atoms with E-state index in [4.69, 9.17) is 0 Å². The molecule has 1 N–H and O–H groups in total. The van der Waals surface area contributed by atoms with E-state index in [1.54, 1.807) is 50.2 Å². The number of hydrogen-bond acceptors (Lipinski definition) is 4. The predicted molar refractivity (Wildman–Crippen MR) is 120 cm³/mol. The van der Waals surface area contributed by atoms with E-state index in [0.29, 0.717) is 35.5 Å². The monoisotopic (exact) mass is 434 g/mol. The van der Waals surface area contributed by atoms with Crippen molar-refractivity contribution in [1.82, 2.24) is 4.31 Å². The van der Waals surface area contributed by atoms with Gasteiger partial charge in [-0.05, 0) is 47.5 Å². The Labute approximate surface area is 181 Å². The molecule has 31 heavy (non-hydrogen) atoms. The zero-order valence-electron chi connectivity index (χ0n) is 17.3. The third kappa shape index (κ3) is 3.66. The molecule has 0 saturated heterocycles. The topological polar surface area (TPSA) is 83.6 Å². The molecule has 3 aromatic rings. The van der Waals surface area contributed by atoms with Crippen molar-refractivity contribution in [2.75, 3.05) is 18.4 Å². The number of hydrogen-bond donors (Lipinski definition) is 1. The molecule has 7 heteroatoms. The van der Waals surface area contributed by atoms with Crippen molar-refractivity contribution >= 4 is 27.4 Å². The second-order valence-corrected chi connectivity index (χ2v) is 9.14. The maximum Gasteiger partial charge on any atom is 0.255 e. The van der Waals surface area contributed by atoms with Gasteiger partial charge in [-0.3, -0.25) is 9.59 Å². The summed E-state index contributed by atoms with van der Waals surface area (Å²) in [6.07, 6.45) is 0. The summed E-state index contributed by atoms with van der Waals surface area (Å²) in [6.45, 7) is 4.35. The number of fused-ring (bicyclic) bond motifs is 3. The van der Waals surface area contributed by atoms with E-state index in [1.165, 1.54) is 16.4 Å². The van der Waals surface area contributed by atoms with Gasteiger partial charge in [0, 0.05) is 35.5 Å². The minimum atomic E-state index is -3.55. The van der Waals surface area contributed by atoms with Crippen molar-refractivity contribution < 1.29 is 18.0 Å². The van der Waals surface area contributed by atoms with Crippen LogP contribution in [0.5, 0.6) is 0 Å². The maximum absolute atomic E-state index is 12.7. The fraction of sp³-hybridized carbons (Fsp3) is 0.167. The molecule has 3 aromatic carbocycles. The third-order valence-electron chi connectivity index (χ3n) is 5.44. The molecule has 0 bridgehead atoms. The number of ketones is 1. The van der Waals surface area contributed by atoms with Crippen molar-refractivity contribution in [3.8, 4) is 11.1 Å². The van der Waals surface area contributed by atoms with E-state index in [-0.39, 0.29) is 16.6 Å². The van der Waals surface area contributed by atoms with Gasteiger partial charge in [0.15, 0.2) is 5.78 Å². The molecule has 0 heterocycles. The van der Waals surface area contributed by atoms with Gasteiger partial charge >= 0.3 is 0 Å². The summed E-state index contributed by atoms with van der Waals surface area (Å²) in [4.78, 5) is 25.6. The molecular weight excluding hydrogens is 412 g/mol. The summed E-state index contributed by atoms with van der Waals surface area (Å²) in [6, 6.07) is 18.5. The molecular formula is C24H22N2O4S. The van der Waals surface area contributed by atoms with Gasteiger partial charge in [-0.25, -0.2) is 8.42 Å². The van der Waals surface area contributed by atoms with Gasteiger partial charge in [-0.2, -0.15) is 4.31 Å². The highest BCUT2D eigenvalue weighted by Gasteiger charge is 2.27. The summed E-state index contributed by atoms with van der Waals surface area (Å²) in [5.41, 5.74) is 3.68. The van der Waals surface area contributed by atoms with Gasteiger partial charge in [0.2, 0.25) is 10.0 Å². The summed E-state index contributed by atoms with van der Waals surface area (Å²) < 4.78 is 26.6. The maximum atomic E-state index is 12.7. The van der Waals surface area contributed by atoms with E-state index < -0.39 is 10.0 Å². The summed E-state index contributed by atoms with van der Waals surface area (Å²) in [5.74, 6) is -0.461. The molecule has 1 amide bonds. The van der Waals surface area contributed by atoms with Crippen molar-refractivity contribution in [1.29, 1.82) is 0 Å². The van der Waals surface area contributed by atoms with Crippen LogP contribution in [-0.4, -0.2) is 37.5 Å². The smallest absolute Gasteiger partial charge is 0.255 e. The number of rotatable bonds is 6. The highest BCUT2D eigenvalue weighted by Crippen LogP contribution is 2.36. The molecule has 4 rings (SSSR count). The van der Waals surface area contributed by atoms with Gasteiger partial charge in [-0.15, -0.1) is 0 Å². The number of nitrogens with one attached hydrogen (secondary N) is 1. The number of sulfonamides is 1. The number of benzene rings is 3. The van der Waals surface area contributed by atoms with Crippen LogP contribution in [0, 0.1) is 0 Å². The Hall–Kier alpha value is -3.29. The van der Waals surface area contributed by atoms with Crippen molar-refractivity contribution in [2.45, 2.75) is 18.7 Å². The number of carbonyl (C=O) groups is 2. The Bertz CT molecular complexity index is 1280. The van der Waals surface area contributed by atoms with Gasteiger partial charge in [0.05, 0.1) is 4.90 Å². The Balaban J connectivity index is 1.54. The first kappa shape index (κ1) is 21.0. The molecule has 1 aliphatic carbocycles. The Kier molecular flexibility index (Phi) is 5.47. The minimum absolute atomic E-state index is 0.0915. The lowest BCUT2D eigenvalue weighted by atomic mass is 10.0. The summed E-state index contributed by atoms with van der Waals surface area (Å²) in [7, 11) is -3.55. The number of carbonyl (C=O) groups excluding carboxylic acids is 2. The lowest BCUT2D eigenvalue weighted by molar-refractivity contribution is 0.102. The van der Waals surface area contributed by atoms with Gasteiger partial charge in [0.25, 0.3) is 5.91 Å². The third-order valence-corrected chi connectivity index (χ3v) is 7.51. The molecule has 158 valence electrons. The van der Waals surface area contributed by atoms with Crippen LogP contribution in [0.25, 0.3) is 11.1 Å². The van der Waals surface area contributed by atoms with Crippen LogP contribution in [0.15, 0.2) is 71.6 Å². The quantitative estimate of drug-likeness (QED) is 0.493. The standard InChI is InChI=1S/C24H22N2O4S/c1-3-26(4-2)31(29,30)18-12-10-17(11-13-18)25-24(28)16-9-14-20-19-7-5-6-8-21(19)23(27)22(20)15-16/h5-15H,3-4H2,1-2H3,(H,25,28). The fourth-order valence-electron chi connectivity index (χ4n) is 3.80. The lowest BCUT2D eigenvalue weighted by Gasteiger charge is -2.18. The predicted octanol–water partition coefficient (Wildman–Crippen LogP) is 4.18. The van der Waals surface area contributed by atoms with Gasteiger partial charge in [-0.1, -0.05) is 44.2 Å². The van der Waals surface area contributed by atoms with Gasteiger partial charge < -0.3 is 5.32 Å². The molecule has 0 radical (unpaired) electrons. The van der Waals surface area contributed by atoms with Crippen molar-refractivity contribution in [2.24, 2.45) is 0 Å². The summed E-state index contributed by atoms with van der Waals surface area (Å²) in [5, 5.41) is 2.76. The molecule has 0 unspecified atom stereocenters. The highest BCUT2D eigenvalue weighted by molar-refractivity contribution is 7.89. The van der Waals surface area contributed by atoms with Crippen LogP contribution in [0.2, 0.25) is 0 Å². The van der Waals surface area contributed by atoms with E-state index in [1.807, 2.05) is 18.2 Å². The SMILES string of the molecule is CCN(CC)S(=O)(=O)c1ccc(NC(=O)c2ccc3c(c2)C(=O)c2ccccc2-3)cc1. The van der Waals surface area contributed by atoms with Crippen molar-refractivity contribution in [3.63, 3.8) is 0 Å².